The molecule has 0 spiro atoms. The van der Waals surface area contributed by atoms with Gasteiger partial charge < -0.3 is 9.59 Å². The highest BCUT2D eigenvalue weighted by molar-refractivity contribution is 5.52. The number of carbonyl (C=O) groups excluding carboxylic acids is 2. The molecule has 0 aromatic carbocycles. The number of aldehydes is 1. The zero-order chi connectivity index (χ0) is 6.99. The molecule has 0 heterocycles. The maximum Gasteiger partial charge on any atom is 0.122 e. The molecule has 0 bridgehead atoms. The lowest BCUT2D eigenvalue weighted by Crippen LogP contribution is -1.89. The van der Waals surface area contributed by atoms with E-state index in [1.165, 1.54) is 0 Å². The van der Waals surface area contributed by atoms with Crippen molar-refractivity contribution in [2.24, 2.45) is 5.92 Å². The van der Waals surface area contributed by atoms with Crippen LogP contribution in [0.15, 0.2) is 0 Å². The van der Waals surface area contributed by atoms with E-state index in [4.69, 9.17) is 4.79 Å². The molecule has 0 saturated carbocycles. The standard InChI is InChI=1S/C5H10O.CH2O/c1-3-5(2)4-6;1-2/h4-5H,3H2,1-2H3;1H2. The van der Waals surface area contributed by atoms with Gasteiger partial charge in [0.1, 0.15) is 13.1 Å². The summed E-state index contributed by atoms with van der Waals surface area (Å²) in [7, 11) is 0. The first-order chi connectivity index (χ1) is 3.81. The normalized spacial score (nSPS) is 10.8. The predicted octanol–water partition coefficient (Wildman–Crippen LogP) is 1.05. The molecule has 0 aromatic heterocycles. The molecule has 0 saturated heterocycles. The van der Waals surface area contributed by atoms with E-state index in [2.05, 4.69) is 0 Å². The van der Waals surface area contributed by atoms with E-state index in [0.29, 0.717) is 0 Å². The summed E-state index contributed by atoms with van der Waals surface area (Å²) >= 11 is 0. The van der Waals surface area contributed by atoms with Gasteiger partial charge in [-0.05, 0) is 6.42 Å². The van der Waals surface area contributed by atoms with Crippen LogP contribution in [0.3, 0.4) is 0 Å². The lowest BCUT2D eigenvalue weighted by atomic mass is 10.2. The van der Waals surface area contributed by atoms with Crippen molar-refractivity contribution in [1.82, 2.24) is 0 Å². The monoisotopic (exact) mass is 116 g/mol. The van der Waals surface area contributed by atoms with Crippen molar-refractivity contribution in [3.05, 3.63) is 0 Å². The lowest BCUT2D eigenvalue weighted by Gasteiger charge is -1.89. The second kappa shape index (κ2) is 9.60. The van der Waals surface area contributed by atoms with Gasteiger partial charge in [-0.3, -0.25) is 0 Å². The molecule has 1 unspecified atom stereocenters. The third-order valence-corrected chi connectivity index (χ3v) is 0.876. The van der Waals surface area contributed by atoms with Crippen LogP contribution in [-0.2, 0) is 9.59 Å². The molecule has 0 amide bonds. The topological polar surface area (TPSA) is 34.1 Å². The molecule has 0 aliphatic carbocycles. The van der Waals surface area contributed by atoms with E-state index >= 15 is 0 Å². The Morgan fingerprint density at radius 1 is 1.62 bits per heavy atom. The summed E-state index contributed by atoms with van der Waals surface area (Å²) in [5.41, 5.74) is 0. The number of hydrogen-bond acceptors (Lipinski definition) is 2. The van der Waals surface area contributed by atoms with Gasteiger partial charge in [0, 0.05) is 5.92 Å². The van der Waals surface area contributed by atoms with Crippen molar-refractivity contribution in [3.8, 4) is 0 Å². The summed E-state index contributed by atoms with van der Waals surface area (Å²) in [6, 6.07) is 0. The largest absolute Gasteiger partial charge is 0.307 e. The Hall–Kier alpha value is -0.660. The van der Waals surface area contributed by atoms with Crippen molar-refractivity contribution in [2.45, 2.75) is 20.3 Å². The van der Waals surface area contributed by atoms with Gasteiger partial charge in [-0.1, -0.05) is 13.8 Å². The van der Waals surface area contributed by atoms with Gasteiger partial charge in [-0.25, -0.2) is 0 Å². The van der Waals surface area contributed by atoms with Gasteiger partial charge in [-0.2, -0.15) is 0 Å². The molecule has 0 aliphatic heterocycles. The Kier molecular flexibility index (Phi) is 12.4. The Morgan fingerprint density at radius 2 is 2.00 bits per heavy atom. The molecule has 8 heavy (non-hydrogen) atoms. The molecular weight excluding hydrogens is 104 g/mol. The first-order valence-electron chi connectivity index (χ1n) is 2.55. The molecule has 0 fully saturated rings. The van der Waals surface area contributed by atoms with E-state index in [0.717, 1.165) is 12.7 Å². The third-order valence-electron chi connectivity index (χ3n) is 0.876. The number of carbonyl (C=O) groups is 2. The van der Waals surface area contributed by atoms with Crippen molar-refractivity contribution in [2.75, 3.05) is 0 Å². The highest BCUT2D eigenvalue weighted by atomic mass is 16.1. The number of hydrogen-bond donors (Lipinski definition) is 0. The molecule has 0 radical (unpaired) electrons. The highest BCUT2D eigenvalue weighted by Gasteiger charge is 1.89. The third kappa shape index (κ3) is 9.02. The van der Waals surface area contributed by atoms with Crippen LogP contribution in [-0.4, -0.2) is 13.1 Å². The second-order valence-corrected chi connectivity index (χ2v) is 1.52. The molecule has 48 valence electrons. The van der Waals surface area contributed by atoms with Gasteiger partial charge >= 0.3 is 0 Å². The molecule has 2 nitrogen and oxygen atoms in total. The van der Waals surface area contributed by atoms with Crippen LogP contribution in [0.5, 0.6) is 0 Å². The molecule has 0 N–H and O–H groups in total. The molecule has 2 heteroatoms. The predicted molar refractivity (Wildman–Crippen MR) is 32.6 cm³/mol. The van der Waals surface area contributed by atoms with Crippen LogP contribution >= 0.6 is 0 Å². The van der Waals surface area contributed by atoms with E-state index < -0.39 is 0 Å². The lowest BCUT2D eigenvalue weighted by molar-refractivity contribution is -0.110. The van der Waals surface area contributed by atoms with E-state index in [9.17, 15) is 4.79 Å². The van der Waals surface area contributed by atoms with Crippen LogP contribution in [0.25, 0.3) is 0 Å². The summed E-state index contributed by atoms with van der Waals surface area (Å²) in [4.78, 5) is 17.7. The van der Waals surface area contributed by atoms with Crippen LogP contribution in [0, 0.1) is 5.92 Å². The Morgan fingerprint density at radius 3 is 2.00 bits per heavy atom. The molecule has 0 rings (SSSR count). The Balaban J connectivity index is 0. The quantitative estimate of drug-likeness (QED) is 0.505. The summed E-state index contributed by atoms with van der Waals surface area (Å²) in [5.74, 6) is 0.255. The van der Waals surface area contributed by atoms with Gasteiger partial charge in [0.05, 0.1) is 0 Å². The molecule has 1 atom stereocenters. The summed E-state index contributed by atoms with van der Waals surface area (Å²) in [6.45, 7) is 5.91. The fraction of sp³-hybridized carbons (Fsp3) is 0.667. The summed E-state index contributed by atoms with van der Waals surface area (Å²) in [6.07, 6.45) is 1.93. The van der Waals surface area contributed by atoms with E-state index in [1.54, 1.807) is 0 Å². The van der Waals surface area contributed by atoms with Crippen molar-refractivity contribution in [3.63, 3.8) is 0 Å². The van der Waals surface area contributed by atoms with Gasteiger partial charge in [0.15, 0.2) is 0 Å². The Labute approximate surface area is 49.9 Å². The first-order valence-corrected chi connectivity index (χ1v) is 2.55. The second-order valence-electron chi connectivity index (χ2n) is 1.52. The van der Waals surface area contributed by atoms with Crippen LogP contribution in [0.2, 0.25) is 0 Å². The van der Waals surface area contributed by atoms with E-state index in [1.807, 2.05) is 20.6 Å². The van der Waals surface area contributed by atoms with Crippen molar-refractivity contribution >= 4 is 13.1 Å². The van der Waals surface area contributed by atoms with Crippen molar-refractivity contribution in [1.29, 1.82) is 0 Å². The first kappa shape index (κ1) is 10.3. The molecular formula is C6H12O2. The molecule has 0 aliphatic rings. The fourth-order valence-corrected chi connectivity index (χ4v) is 0.0962. The zero-order valence-corrected chi connectivity index (χ0v) is 5.39. The van der Waals surface area contributed by atoms with Gasteiger partial charge in [0.2, 0.25) is 0 Å². The average molecular weight is 116 g/mol. The van der Waals surface area contributed by atoms with E-state index in [-0.39, 0.29) is 5.92 Å². The summed E-state index contributed by atoms with van der Waals surface area (Å²) < 4.78 is 0. The van der Waals surface area contributed by atoms with Crippen LogP contribution in [0.1, 0.15) is 20.3 Å². The van der Waals surface area contributed by atoms with Crippen molar-refractivity contribution < 1.29 is 9.59 Å². The maximum atomic E-state index is 9.74. The van der Waals surface area contributed by atoms with Crippen LogP contribution in [0.4, 0.5) is 0 Å². The Bertz CT molecular complexity index is 52.5. The van der Waals surface area contributed by atoms with Gasteiger partial charge in [-0.15, -0.1) is 0 Å². The smallest absolute Gasteiger partial charge is 0.122 e. The maximum absolute atomic E-state index is 9.74. The van der Waals surface area contributed by atoms with Crippen LogP contribution < -0.4 is 0 Å². The van der Waals surface area contributed by atoms with Gasteiger partial charge in [0.25, 0.3) is 0 Å². The minimum absolute atomic E-state index is 0.255. The minimum Gasteiger partial charge on any atom is -0.307 e. The average Bonchev–Trinajstić information content (AvgIpc) is 1.91. The molecule has 0 aromatic rings. The highest BCUT2D eigenvalue weighted by Crippen LogP contribution is 1.91. The minimum atomic E-state index is 0.255. The summed E-state index contributed by atoms with van der Waals surface area (Å²) in [5, 5.41) is 0. The number of rotatable bonds is 2. The zero-order valence-electron chi connectivity index (χ0n) is 5.39. The fourth-order valence-electron chi connectivity index (χ4n) is 0.0962. The SMILES string of the molecule is C=O.CCC(C)C=O.